The molecule has 5 unspecified atom stereocenters. The summed E-state index contributed by atoms with van der Waals surface area (Å²) in [6, 6.07) is 0. The Morgan fingerprint density at radius 3 is 1.97 bits per heavy atom. The lowest BCUT2D eigenvalue weighted by Crippen LogP contribution is -2.36. The zero-order valence-electron chi connectivity index (χ0n) is 20.9. The van der Waals surface area contributed by atoms with Crippen molar-refractivity contribution in [2.75, 3.05) is 6.61 Å². The molecule has 0 aromatic heterocycles. The minimum atomic E-state index is -0.823. The molecular weight excluding hydrogens is 376 g/mol. The van der Waals surface area contributed by atoms with Gasteiger partial charge in [-0.2, -0.15) is 0 Å². The van der Waals surface area contributed by atoms with E-state index in [9.17, 15) is 9.59 Å². The van der Waals surface area contributed by atoms with E-state index in [0.717, 1.165) is 12.8 Å². The Bertz CT molecular complexity index is 556. The summed E-state index contributed by atoms with van der Waals surface area (Å²) in [4.78, 5) is 24.7. The van der Waals surface area contributed by atoms with Crippen molar-refractivity contribution in [1.82, 2.24) is 0 Å². The summed E-state index contributed by atoms with van der Waals surface area (Å²) >= 11 is 0. The number of rotatable bonds is 13. The fourth-order valence-corrected chi connectivity index (χ4v) is 3.54. The quantitative estimate of drug-likeness (QED) is 0.243. The Balaban J connectivity index is 4.55. The van der Waals surface area contributed by atoms with Crippen molar-refractivity contribution in [2.45, 2.75) is 94.1 Å². The molecule has 0 radical (unpaired) electrons. The smallest absolute Gasteiger partial charge is 0.347 e. The molecular formula is C26H46O4. The summed E-state index contributed by atoms with van der Waals surface area (Å²) in [5.41, 5.74) is 0.347. The first-order valence-electron chi connectivity index (χ1n) is 11.6. The molecule has 4 heteroatoms. The molecule has 0 aliphatic heterocycles. The van der Waals surface area contributed by atoms with Gasteiger partial charge in [0.15, 0.2) is 0 Å². The third-order valence-corrected chi connectivity index (χ3v) is 5.19. The van der Waals surface area contributed by atoms with E-state index in [4.69, 9.17) is 9.47 Å². The third-order valence-electron chi connectivity index (χ3n) is 5.19. The van der Waals surface area contributed by atoms with Crippen LogP contribution >= 0.6 is 0 Å². The SMILES string of the molecule is CCOC(=O)C(OC(=O)C(C)CC(C)/C=C\C/C=C\C(C)CC(C)(C)C)C(C)CC. The van der Waals surface area contributed by atoms with E-state index in [1.54, 1.807) is 6.92 Å². The molecule has 0 saturated carbocycles. The van der Waals surface area contributed by atoms with Crippen molar-refractivity contribution in [3.8, 4) is 0 Å². The molecule has 5 atom stereocenters. The van der Waals surface area contributed by atoms with Gasteiger partial charge < -0.3 is 9.47 Å². The van der Waals surface area contributed by atoms with E-state index in [-0.39, 0.29) is 30.3 Å². The van der Waals surface area contributed by atoms with Gasteiger partial charge in [-0.3, -0.25) is 4.79 Å². The van der Waals surface area contributed by atoms with Crippen LogP contribution in [0.1, 0.15) is 88.0 Å². The van der Waals surface area contributed by atoms with Crippen LogP contribution in [-0.2, 0) is 19.1 Å². The molecule has 0 aromatic carbocycles. The fourth-order valence-electron chi connectivity index (χ4n) is 3.54. The molecule has 0 rings (SSSR count). The molecule has 174 valence electrons. The number of ether oxygens (including phenoxy) is 2. The van der Waals surface area contributed by atoms with Gasteiger partial charge in [0.05, 0.1) is 12.5 Å². The Morgan fingerprint density at radius 1 is 0.900 bits per heavy atom. The van der Waals surface area contributed by atoms with Gasteiger partial charge >= 0.3 is 11.9 Å². The Labute approximate surface area is 185 Å². The monoisotopic (exact) mass is 422 g/mol. The minimum absolute atomic E-state index is 0.0648. The van der Waals surface area contributed by atoms with Crippen LogP contribution in [0.2, 0.25) is 0 Å². The molecule has 0 fully saturated rings. The van der Waals surface area contributed by atoms with Crippen molar-refractivity contribution in [3.05, 3.63) is 24.3 Å². The van der Waals surface area contributed by atoms with Crippen LogP contribution < -0.4 is 0 Å². The van der Waals surface area contributed by atoms with Crippen LogP contribution in [0.3, 0.4) is 0 Å². The lowest BCUT2D eigenvalue weighted by atomic mass is 9.85. The van der Waals surface area contributed by atoms with Crippen molar-refractivity contribution in [2.24, 2.45) is 29.1 Å². The highest BCUT2D eigenvalue weighted by Gasteiger charge is 2.31. The summed E-state index contributed by atoms with van der Waals surface area (Å²) in [6.07, 6.45) is 11.5. The highest BCUT2D eigenvalue weighted by atomic mass is 16.6. The van der Waals surface area contributed by atoms with Crippen molar-refractivity contribution >= 4 is 11.9 Å². The second kappa shape index (κ2) is 14.4. The Hall–Kier alpha value is -1.58. The van der Waals surface area contributed by atoms with E-state index < -0.39 is 12.1 Å². The van der Waals surface area contributed by atoms with Gasteiger partial charge in [0.2, 0.25) is 6.10 Å². The highest BCUT2D eigenvalue weighted by Crippen LogP contribution is 2.25. The second-order valence-electron chi connectivity index (χ2n) is 9.94. The number of hydrogen-bond acceptors (Lipinski definition) is 4. The first-order valence-corrected chi connectivity index (χ1v) is 11.6. The van der Waals surface area contributed by atoms with Gasteiger partial charge in [0, 0.05) is 5.92 Å². The molecule has 0 saturated heterocycles. The third kappa shape index (κ3) is 12.9. The molecule has 30 heavy (non-hydrogen) atoms. The predicted molar refractivity (Wildman–Crippen MR) is 125 cm³/mol. The fraction of sp³-hybridized carbons (Fsp3) is 0.769. The predicted octanol–water partition coefficient (Wildman–Crippen LogP) is 6.74. The number of carbonyl (C=O) groups is 2. The number of carbonyl (C=O) groups excluding carboxylic acids is 2. The van der Waals surface area contributed by atoms with Crippen molar-refractivity contribution in [1.29, 1.82) is 0 Å². The molecule has 0 N–H and O–H groups in total. The normalized spacial score (nSPS) is 17.5. The van der Waals surface area contributed by atoms with Crippen LogP contribution in [0, 0.1) is 29.1 Å². The number of hydrogen-bond donors (Lipinski definition) is 0. The van der Waals surface area contributed by atoms with E-state index in [1.165, 1.54) is 6.42 Å². The molecule has 0 amide bonds. The largest absolute Gasteiger partial charge is 0.463 e. The minimum Gasteiger partial charge on any atom is -0.463 e. The number of esters is 2. The number of allylic oxidation sites excluding steroid dienone is 4. The molecule has 0 bridgehead atoms. The zero-order valence-corrected chi connectivity index (χ0v) is 20.9. The summed E-state index contributed by atoms with van der Waals surface area (Å²) in [5, 5.41) is 0. The molecule has 4 nitrogen and oxygen atoms in total. The summed E-state index contributed by atoms with van der Waals surface area (Å²) < 4.78 is 10.6. The van der Waals surface area contributed by atoms with Crippen LogP contribution in [0.4, 0.5) is 0 Å². The van der Waals surface area contributed by atoms with Gasteiger partial charge in [0.1, 0.15) is 0 Å². The van der Waals surface area contributed by atoms with Gasteiger partial charge in [-0.15, -0.1) is 0 Å². The van der Waals surface area contributed by atoms with Gasteiger partial charge in [-0.1, -0.05) is 79.7 Å². The van der Waals surface area contributed by atoms with Crippen molar-refractivity contribution < 1.29 is 19.1 Å². The van der Waals surface area contributed by atoms with Crippen LogP contribution in [0.15, 0.2) is 24.3 Å². The van der Waals surface area contributed by atoms with Crippen LogP contribution in [-0.4, -0.2) is 24.6 Å². The van der Waals surface area contributed by atoms with Gasteiger partial charge in [-0.25, -0.2) is 4.79 Å². The first-order chi connectivity index (χ1) is 13.9. The first kappa shape index (κ1) is 28.4. The Kier molecular flexibility index (Phi) is 13.7. The van der Waals surface area contributed by atoms with Crippen LogP contribution in [0.5, 0.6) is 0 Å². The summed E-state index contributed by atoms with van der Waals surface area (Å²) in [5.74, 6) is -0.281. The zero-order chi connectivity index (χ0) is 23.3. The topological polar surface area (TPSA) is 52.6 Å². The Morgan fingerprint density at radius 2 is 1.47 bits per heavy atom. The molecule has 0 aliphatic carbocycles. The standard InChI is InChI=1S/C26H46O4/c1-10-21(5)23(25(28)29-11-2)30-24(27)22(6)17-19(3)15-13-12-14-16-20(4)18-26(7,8)9/h13-16,19-23H,10-12,17-18H2,1-9H3/b15-13-,16-14-. The average molecular weight is 423 g/mol. The van der Waals surface area contributed by atoms with Crippen molar-refractivity contribution in [3.63, 3.8) is 0 Å². The average Bonchev–Trinajstić information content (AvgIpc) is 2.63. The summed E-state index contributed by atoms with van der Waals surface area (Å²) in [7, 11) is 0. The van der Waals surface area contributed by atoms with E-state index in [0.29, 0.717) is 17.8 Å². The van der Waals surface area contributed by atoms with Gasteiger partial charge in [0.25, 0.3) is 0 Å². The lowest BCUT2D eigenvalue weighted by molar-refractivity contribution is -0.173. The van der Waals surface area contributed by atoms with E-state index in [2.05, 4.69) is 58.9 Å². The maximum atomic E-state index is 12.5. The molecule has 0 aliphatic rings. The molecule has 0 heterocycles. The maximum absolute atomic E-state index is 12.5. The van der Waals surface area contributed by atoms with Crippen LogP contribution in [0.25, 0.3) is 0 Å². The summed E-state index contributed by atoms with van der Waals surface area (Å²) in [6.45, 7) is 18.9. The van der Waals surface area contributed by atoms with E-state index >= 15 is 0 Å². The van der Waals surface area contributed by atoms with E-state index in [1.807, 2.05) is 20.8 Å². The highest BCUT2D eigenvalue weighted by molar-refractivity contribution is 5.80. The second-order valence-corrected chi connectivity index (χ2v) is 9.94. The molecule has 0 spiro atoms. The lowest BCUT2D eigenvalue weighted by Gasteiger charge is -2.23. The van der Waals surface area contributed by atoms with Gasteiger partial charge in [-0.05, 0) is 49.9 Å². The maximum Gasteiger partial charge on any atom is 0.347 e. The molecule has 0 aromatic rings.